The van der Waals surface area contributed by atoms with Crippen molar-refractivity contribution in [3.8, 4) is 0 Å². The van der Waals surface area contributed by atoms with Gasteiger partial charge in [-0.3, -0.25) is 9.63 Å². The third kappa shape index (κ3) is 6.47. The van der Waals surface area contributed by atoms with Crippen LogP contribution in [-0.2, 0) is 16.2 Å². The van der Waals surface area contributed by atoms with Crippen LogP contribution in [0.25, 0.3) is 0 Å². The summed E-state index contributed by atoms with van der Waals surface area (Å²) in [4.78, 5) is 18.4. The molecule has 0 bridgehead atoms. The van der Waals surface area contributed by atoms with Crippen molar-refractivity contribution in [2.24, 2.45) is 5.41 Å². The first-order chi connectivity index (χ1) is 12.8. The fraction of sp³-hybridized carbons (Fsp3) is 0.409. The van der Waals surface area contributed by atoms with E-state index in [1.807, 2.05) is 81.4 Å². The van der Waals surface area contributed by atoms with E-state index in [4.69, 9.17) is 4.84 Å². The molecular formula is C22H30N2O3. The lowest BCUT2D eigenvalue weighted by Gasteiger charge is -2.32. The minimum absolute atomic E-state index is 0.210. The molecular weight excluding hydrogens is 340 g/mol. The number of nitrogens with one attached hydrogen (secondary N) is 2. The molecule has 5 nitrogen and oxygen atoms in total. The van der Waals surface area contributed by atoms with Gasteiger partial charge >= 0.3 is 0 Å². The summed E-state index contributed by atoms with van der Waals surface area (Å²) in [7, 11) is 0. The third-order valence-corrected chi connectivity index (χ3v) is 4.40. The van der Waals surface area contributed by atoms with Gasteiger partial charge in [-0.2, -0.15) is 5.48 Å². The fourth-order valence-corrected chi connectivity index (χ4v) is 2.73. The Morgan fingerprint density at radius 1 is 1.04 bits per heavy atom. The molecule has 146 valence electrons. The van der Waals surface area contributed by atoms with Crippen LogP contribution in [0.5, 0.6) is 0 Å². The molecule has 2 aromatic rings. The highest BCUT2D eigenvalue weighted by Crippen LogP contribution is 2.21. The SMILES string of the molecule is CC(NC(=O)C(NOCc1ccccc1)C(C)(C)C)C(O)c1ccccc1. The van der Waals surface area contributed by atoms with Gasteiger partial charge in [-0.05, 0) is 23.5 Å². The Labute approximate surface area is 161 Å². The monoisotopic (exact) mass is 370 g/mol. The average molecular weight is 370 g/mol. The summed E-state index contributed by atoms with van der Waals surface area (Å²) in [6.07, 6.45) is -0.777. The third-order valence-electron chi connectivity index (χ3n) is 4.40. The Morgan fingerprint density at radius 3 is 2.15 bits per heavy atom. The summed E-state index contributed by atoms with van der Waals surface area (Å²) >= 11 is 0. The Morgan fingerprint density at radius 2 is 1.59 bits per heavy atom. The number of hydroxylamine groups is 1. The summed E-state index contributed by atoms with van der Waals surface area (Å²) < 4.78 is 0. The van der Waals surface area contributed by atoms with Crippen LogP contribution in [0.15, 0.2) is 60.7 Å². The number of aliphatic hydroxyl groups is 1. The van der Waals surface area contributed by atoms with Crippen LogP contribution >= 0.6 is 0 Å². The predicted octanol–water partition coefficient (Wildman–Crippen LogP) is 3.36. The first kappa shape index (κ1) is 21.1. The van der Waals surface area contributed by atoms with Gasteiger partial charge in [-0.25, -0.2) is 0 Å². The average Bonchev–Trinajstić information content (AvgIpc) is 2.65. The molecule has 1 amide bonds. The number of rotatable bonds is 8. The molecule has 2 rings (SSSR count). The van der Waals surface area contributed by atoms with Crippen LogP contribution in [0, 0.1) is 5.41 Å². The van der Waals surface area contributed by atoms with Crippen molar-refractivity contribution in [3.63, 3.8) is 0 Å². The van der Waals surface area contributed by atoms with Crippen molar-refractivity contribution in [1.29, 1.82) is 0 Å². The van der Waals surface area contributed by atoms with Crippen LogP contribution in [0.4, 0.5) is 0 Å². The van der Waals surface area contributed by atoms with Gasteiger partial charge in [-0.1, -0.05) is 81.4 Å². The van der Waals surface area contributed by atoms with Crippen molar-refractivity contribution >= 4 is 5.91 Å². The minimum Gasteiger partial charge on any atom is -0.386 e. The standard InChI is InChI=1S/C22H30N2O3/c1-16(19(25)18-13-9-6-10-14-18)23-21(26)20(22(2,3)4)24-27-15-17-11-7-5-8-12-17/h5-14,16,19-20,24-25H,15H2,1-4H3,(H,23,26). The Hall–Kier alpha value is -2.21. The van der Waals surface area contributed by atoms with Gasteiger partial charge in [-0.15, -0.1) is 0 Å². The zero-order valence-electron chi connectivity index (χ0n) is 16.5. The molecule has 3 N–H and O–H groups in total. The Bertz CT molecular complexity index is 699. The van der Waals surface area contributed by atoms with E-state index in [1.54, 1.807) is 6.92 Å². The van der Waals surface area contributed by atoms with Crippen LogP contribution in [0.3, 0.4) is 0 Å². The second-order valence-electron chi connectivity index (χ2n) is 7.84. The van der Waals surface area contributed by atoms with Gasteiger partial charge < -0.3 is 10.4 Å². The second-order valence-corrected chi connectivity index (χ2v) is 7.84. The van der Waals surface area contributed by atoms with Gasteiger partial charge in [0.25, 0.3) is 0 Å². The maximum absolute atomic E-state index is 12.8. The largest absolute Gasteiger partial charge is 0.386 e. The summed E-state index contributed by atoms with van der Waals surface area (Å²) in [6, 6.07) is 18.1. The molecule has 0 aliphatic carbocycles. The predicted molar refractivity (Wildman–Crippen MR) is 107 cm³/mol. The smallest absolute Gasteiger partial charge is 0.240 e. The van der Waals surface area contributed by atoms with E-state index in [0.29, 0.717) is 6.61 Å². The number of hydrogen-bond acceptors (Lipinski definition) is 4. The lowest BCUT2D eigenvalue weighted by atomic mass is 9.86. The number of carbonyl (C=O) groups excluding carboxylic acids is 1. The highest BCUT2D eigenvalue weighted by Gasteiger charge is 2.33. The summed E-state index contributed by atoms with van der Waals surface area (Å²) in [5, 5.41) is 13.4. The fourth-order valence-electron chi connectivity index (χ4n) is 2.73. The van der Waals surface area contributed by atoms with E-state index in [9.17, 15) is 9.90 Å². The molecule has 0 saturated carbocycles. The van der Waals surface area contributed by atoms with E-state index in [-0.39, 0.29) is 11.3 Å². The van der Waals surface area contributed by atoms with E-state index >= 15 is 0 Å². The van der Waals surface area contributed by atoms with Crippen LogP contribution in [0.1, 0.15) is 44.9 Å². The first-order valence-electron chi connectivity index (χ1n) is 9.23. The van der Waals surface area contributed by atoms with Crippen molar-refractivity contribution < 1.29 is 14.7 Å². The molecule has 0 spiro atoms. The summed E-state index contributed by atoms with van der Waals surface area (Å²) in [5.41, 5.74) is 4.32. The summed E-state index contributed by atoms with van der Waals surface area (Å²) in [6.45, 7) is 8.06. The molecule has 5 heteroatoms. The second kappa shape index (κ2) is 9.65. The van der Waals surface area contributed by atoms with Crippen LogP contribution < -0.4 is 10.8 Å². The maximum Gasteiger partial charge on any atom is 0.240 e. The lowest BCUT2D eigenvalue weighted by molar-refractivity contribution is -0.134. The number of aliphatic hydroxyl groups excluding tert-OH is 1. The van der Waals surface area contributed by atoms with E-state index in [0.717, 1.165) is 11.1 Å². The quantitative estimate of drug-likeness (QED) is 0.623. The van der Waals surface area contributed by atoms with Gasteiger partial charge in [0, 0.05) is 0 Å². The molecule has 3 atom stereocenters. The normalized spacial score (nSPS) is 15.0. The van der Waals surface area contributed by atoms with Crippen molar-refractivity contribution in [1.82, 2.24) is 10.8 Å². The molecule has 0 saturated heterocycles. The number of benzene rings is 2. The minimum atomic E-state index is -0.777. The molecule has 0 aromatic heterocycles. The lowest BCUT2D eigenvalue weighted by Crippen LogP contribution is -2.54. The van der Waals surface area contributed by atoms with Crippen molar-refractivity contribution in [2.75, 3.05) is 0 Å². The van der Waals surface area contributed by atoms with Gasteiger partial charge in [0.05, 0.1) is 18.8 Å². The molecule has 0 aliphatic heterocycles. The summed E-state index contributed by atoms with van der Waals surface area (Å²) in [5.74, 6) is -0.210. The maximum atomic E-state index is 12.8. The van der Waals surface area contributed by atoms with E-state index < -0.39 is 18.2 Å². The van der Waals surface area contributed by atoms with E-state index in [2.05, 4.69) is 10.8 Å². The number of hydrogen-bond donors (Lipinski definition) is 3. The highest BCUT2D eigenvalue weighted by atomic mass is 16.6. The number of carbonyl (C=O) groups is 1. The van der Waals surface area contributed by atoms with Crippen molar-refractivity contribution in [3.05, 3.63) is 71.8 Å². The van der Waals surface area contributed by atoms with Crippen molar-refractivity contribution in [2.45, 2.75) is 52.5 Å². The van der Waals surface area contributed by atoms with Crippen LogP contribution in [-0.4, -0.2) is 23.1 Å². The van der Waals surface area contributed by atoms with E-state index in [1.165, 1.54) is 0 Å². The first-order valence-corrected chi connectivity index (χ1v) is 9.23. The Balaban J connectivity index is 1.95. The molecule has 3 unspecified atom stereocenters. The van der Waals surface area contributed by atoms with Gasteiger partial charge in [0.1, 0.15) is 6.04 Å². The molecule has 0 radical (unpaired) electrons. The van der Waals surface area contributed by atoms with Gasteiger partial charge in [0.2, 0.25) is 5.91 Å². The molecule has 0 fully saturated rings. The zero-order chi connectivity index (χ0) is 19.9. The molecule has 27 heavy (non-hydrogen) atoms. The molecule has 0 heterocycles. The highest BCUT2D eigenvalue weighted by molar-refractivity contribution is 5.82. The van der Waals surface area contributed by atoms with Crippen LogP contribution in [0.2, 0.25) is 0 Å². The molecule has 2 aromatic carbocycles. The zero-order valence-corrected chi connectivity index (χ0v) is 16.5. The Kier molecular flexibility index (Phi) is 7.54. The molecule has 0 aliphatic rings. The number of amides is 1. The topological polar surface area (TPSA) is 70.6 Å². The van der Waals surface area contributed by atoms with Gasteiger partial charge in [0.15, 0.2) is 0 Å².